The molecular weight excluding hydrogens is 272 g/mol. The molecule has 3 N–H and O–H groups in total. The Morgan fingerprint density at radius 1 is 1.48 bits per heavy atom. The molecule has 0 aliphatic carbocycles. The third kappa shape index (κ3) is 3.53. The summed E-state index contributed by atoms with van der Waals surface area (Å²) in [7, 11) is 0. The second-order valence-electron chi connectivity index (χ2n) is 5.43. The number of carbonyl (C=O) groups excluding carboxylic acids is 1. The zero-order valence-electron chi connectivity index (χ0n) is 12.5. The SMILES string of the molecule is Cc1n[nH]c(C)c1C1CCCN1C(=O)NCCCC(=O)O. The first-order chi connectivity index (χ1) is 10.0. The lowest BCUT2D eigenvalue weighted by Gasteiger charge is -2.25. The van der Waals surface area contributed by atoms with Gasteiger partial charge >= 0.3 is 12.0 Å². The number of aliphatic carboxylic acids is 1. The highest BCUT2D eigenvalue weighted by atomic mass is 16.4. The van der Waals surface area contributed by atoms with Crippen LogP contribution in [0.4, 0.5) is 4.79 Å². The average Bonchev–Trinajstić information content (AvgIpc) is 3.01. The molecule has 7 nitrogen and oxygen atoms in total. The standard InChI is InChI=1S/C14H22N4O3/c1-9-13(10(2)17-16-9)11-5-4-8-18(11)14(21)15-7-3-6-12(19)20/h11H,3-8H2,1-2H3,(H,15,21)(H,16,17)(H,19,20). The van der Waals surface area contributed by atoms with Crippen LogP contribution < -0.4 is 5.32 Å². The highest BCUT2D eigenvalue weighted by Crippen LogP contribution is 2.34. The number of aromatic amines is 1. The molecule has 0 bridgehead atoms. The lowest BCUT2D eigenvalue weighted by molar-refractivity contribution is -0.137. The molecule has 1 aliphatic heterocycles. The summed E-state index contributed by atoms with van der Waals surface area (Å²) in [6, 6.07) is -0.0638. The van der Waals surface area contributed by atoms with Gasteiger partial charge in [0.25, 0.3) is 0 Å². The summed E-state index contributed by atoms with van der Waals surface area (Å²) in [5, 5.41) is 18.6. The number of likely N-dealkylation sites (tertiary alicyclic amines) is 1. The van der Waals surface area contributed by atoms with Gasteiger partial charge in [-0.25, -0.2) is 4.79 Å². The van der Waals surface area contributed by atoms with Crippen molar-refractivity contribution < 1.29 is 14.7 Å². The fourth-order valence-corrected chi connectivity index (χ4v) is 2.90. The molecule has 1 aromatic heterocycles. The smallest absolute Gasteiger partial charge is 0.317 e. The van der Waals surface area contributed by atoms with E-state index in [4.69, 9.17) is 5.11 Å². The van der Waals surface area contributed by atoms with Gasteiger partial charge in [-0.05, 0) is 33.1 Å². The Morgan fingerprint density at radius 3 is 2.86 bits per heavy atom. The van der Waals surface area contributed by atoms with E-state index >= 15 is 0 Å². The predicted molar refractivity (Wildman–Crippen MR) is 77.0 cm³/mol. The maximum atomic E-state index is 12.3. The zero-order valence-corrected chi connectivity index (χ0v) is 12.5. The summed E-state index contributed by atoms with van der Waals surface area (Å²) in [5.74, 6) is -0.840. The first-order valence-corrected chi connectivity index (χ1v) is 7.28. The van der Waals surface area contributed by atoms with Gasteiger partial charge in [0.2, 0.25) is 0 Å². The Bertz CT molecular complexity index is 507. The van der Waals surface area contributed by atoms with Crippen molar-refractivity contribution in [1.82, 2.24) is 20.4 Å². The molecule has 1 saturated heterocycles. The summed E-state index contributed by atoms with van der Waals surface area (Å²) >= 11 is 0. The minimum atomic E-state index is -0.840. The molecule has 1 unspecified atom stereocenters. The van der Waals surface area contributed by atoms with Crippen LogP contribution in [0.25, 0.3) is 0 Å². The third-order valence-corrected chi connectivity index (χ3v) is 3.88. The Morgan fingerprint density at radius 2 is 2.24 bits per heavy atom. The van der Waals surface area contributed by atoms with E-state index in [1.165, 1.54) is 0 Å². The zero-order chi connectivity index (χ0) is 15.4. The fourth-order valence-electron chi connectivity index (χ4n) is 2.90. The predicted octanol–water partition coefficient (Wildman–Crippen LogP) is 1.74. The second-order valence-corrected chi connectivity index (χ2v) is 5.43. The maximum Gasteiger partial charge on any atom is 0.317 e. The molecule has 2 amide bonds. The van der Waals surface area contributed by atoms with Crippen molar-refractivity contribution in [3.05, 3.63) is 17.0 Å². The molecular formula is C14H22N4O3. The van der Waals surface area contributed by atoms with Gasteiger partial charge in [-0.15, -0.1) is 0 Å². The van der Waals surface area contributed by atoms with Crippen LogP contribution in [0.3, 0.4) is 0 Å². The lowest BCUT2D eigenvalue weighted by Crippen LogP contribution is -2.40. The number of urea groups is 1. The number of H-pyrrole nitrogens is 1. The van der Waals surface area contributed by atoms with E-state index in [0.29, 0.717) is 13.0 Å². The first-order valence-electron chi connectivity index (χ1n) is 7.28. The van der Waals surface area contributed by atoms with Crippen molar-refractivity contribution in [3.63, 3.8) is 0 Å². The van der Waals surface area contributed by atoms with Crippen LogP contribution in [0.1, 0.15) is 48.7 Å². The van der Waals surface area contributed by atoms with E-state index in [1.807, 2.05) is 18.7 Å². The first kappa shape index (κ1) is 15.3. The van der Waals surface area contributed by atoms with Gasteiger partial charge in [0.1, 0.15) is 0 Å². The van der Waals surface area contributed by atoms with Gasteiger partial charge in [-0.3, -0.25) is 9.89 Å². The summed E-state index contributed by atoms with van der Waals surface area (Å²) in [6.45, 7) is 5.02. The lowest BCUT2D eigenvalue weighted by atomic mass is 10.0. The van der Waals surface area contributed by atoms with Crippen molar-refractivity contribution in [2.45, 2.75) is 45.6 Å². The normalized spacial score (nSPS) is 18.0. The molecule has 1 atom stereocenters. The van der Waals surface area contributed by atoms with Gasteiger partial charge in [-0.1, -0.05) is 0 Å². The highest BCUT2D eigenvalue weighted by molar-refractivity contribution is 5.75. The van der Waals surface area contributed by atoms with E-state index < -0.39 is 5.97 Å². The van der Waals surface area contributed by atoms with Gasteiger partial charge in [-0.2, -0.15) is 5.10 Å². The van der Waals surface area contributed by atoms with Crippen LogP contribution in [0.15, 0.2) is 0 Å². The number of rotatable bonds is 5. The number of amides is 2. The minimum Gasteiger partial charge on any atom is -0.481 e. The summed E-state index contributed by atoms with van der Waals surface area (Å²) in [6.07, 6.45) is 2.42. The maximum absolute atomic E-state index is 12.3. The molecule has 0 radical (unpaired) electrons. The third-order valence-electron chi connectivity index (χ3n) is 3.88. The van der Waals surface area contributed by atoms with Gasteiger partial charge in [0.15, 0.2) is 0 Å². The molecule has 116 valence electrons. The fraction of sp³-hybridized carbons (Fsp3) is 0.643. The average molecular weight is 294 g/mol. The van der Waals surface area contributed by atoms with Crippen LogP contribution in [-0.2, 0) is 4.79 Å². The summed E-state index contributed by atoms with van der Waals surface area (Å²) < 4.78 is 0. The van der Waals surface area contributed by atoms with Crippen LogP contribution in [-0.4, -0.2) is 45.3 Å². The molecule has 7 heteroatoms. The van der Waals surface area contributed by atoms with Crippen LogP contribution in [0, 0.1) is 13.8 Å². The Kier molecular flexibility index (Phi) is 4.82. The molecule has 2 heterocycles. The van der Waals surface area contributed by atoms with Crippen LogP contribution >= 0.6 is 0 Å². The molecule has 1 aromatic rings. The van der Waals surface area contributed by atoms with Crippen LogP contribution in [0.5, 0.6) is 0 Å². The van der Waals surface area contributed by atoms with Crippen molar-refractivity contribution in [3.8, 4) is 0 Å². The van der Waals surface area contributed by atoms with E-state index in [9.17, 15) is 9.59 Å². The number of hydrogen-bond donors (Lipinski definition) is 3. The van der Waals surface area contributed by atoms with E-state index in [-0.39, 0.29) is 18.5 Å². The molecule has 21 heavy (non-hydrogen) atoms. The Labute approximate surface area is 123 Å². The largest absolute Gasteiger partial charge is 0.481 e. The molecule has 2 rings (SSSR count). The number of hydrogen-bond acceptors (Lipinski definition) is 3. The number of carbonyl (C=O) groups is 2. The molecule has 0 aromatic carbocycles. The van der Waals surface area contributed by atoms with Gasteiger partial charge in [0.05, 0.1) is 11.7 Å². The van der Waals surface area contributed by atoms with Gasteiger partial charge in [0, 0.05) is 30.8 Å². The van der Waals surface area contributed by atoms with Crippen molar-refractivity contribution in [2.75, 3.05) is 13.1 Å². The number of carboxylic acids is 1. The minimum absolute atomic E-state index is 0.0585. The van der Waals surface area contributed by atoms with Crippen molar-refractivity contribution in [1.29, 1.82) is 0 Å². The van der Waals surface area contributed by atoms with E-state index in [1.54, 1.807) is 0 Å². The van der Waals surface area contributed by atoms with Crippen LogP contribution in [0.2, 0.25) is 0 Å². The second kappa shape index (κ2) is 6.60. The number of nitrogens with one attached hydrogen (secondary N) is 2. The molecule has 0 saturated carbocycles. The molecule has 1 fully saturated rings. The van der Waals surface area contributed by atoms with Crippen molar-refractivity contribution >= 4 is 12.0 Å². The topological polar surface area (TPSA) is 98.3 Å². The van der Waals surface area contributed by atoms with E-state index in [2.05, 4.69) is 15.5 Å². The monoisotopic (exact) mass is 294 g/mol. The van der Waals surface area contributed by atoms with E-state index in [0.717, 1.165) is 36.3 Å². The van der Waals surface area contributed by atoms with Crippen molar-refractivity contribution in [2.24, 2.45) is 0 Å². The molecule has 1 aliphatic rings. The Balaban J connectivity index is 1.95. The number of nitrogens with zero attached hydrogens (tertiary/aromatic N) is 2. The highest BCUT2D eigenvalue weighted by Gasteiger charge is 2.32. The molecule has 0 spiro atoms. The quantitative estimate of drug-likeness (QED) is 0.720. The summed E-state index contributed by atoms with van der Waals surface area (Å²) in [4.78, 5) is 24.5. The number of aryl methyl sites for hydroxylation is 2. The van der Waals surface area contributed by atoms with Gasteiger partial charge < -0.3 is 15.3 Å². The number of aromatic nitrogens is 2. The Hall–Kier alpha value is -2.05. The number of carboxylic acid groups (broad SMARTS) is 1. The summed E-state index contributed by atoms with van der Waals surface area (Å²) in [5.41, 5.74) is 3.04.